The van der Waals surface area contributed by atoms with Crippen molar-refractivity contribution in [1.29, 1.82) is 0 Å². The number of aromatic hydroxyl groups is 1. The first kappa shape index (κ1) is 42.8. The minimum atomic E-state index is -0.976. The summed E-state index contributed by atoms with van der Waals surface area (Å²) in [5, 5.41) is 12.8. The lowest BCUT2D eigenvalue weighted by molar-refractivity contribution is 0.446. The normalized spacial score (nSPS) is 13.3. The number of phenols is 1. The minimum absolute atomic E-state index is 0.0476. The topological polar surface area (TPSA) is 50.9 Å². The highest BCUT2D eigenvalue weighted by molar-refractivity contribution is 5.99. The first-order chi connectivity index (χ1) is 36.8. The van der Waals surface area contributed by atoms with Gasteiger partial charge in [0.05, 0.1) is 33.5 Å². The minimum Gasteiger partial charge on any atom is -0.507 e. The number of imidazole rings is 1. The Hall–Kier alpha value is -7.82. The Morgan fingerprint density at radius 3 is 1.67 bits per heavy atom. The summed E-state index contributed by atoms with van der Waals surface area (Å²) in [5.74, 6) is -0.251. The van der Waals surface area contributed by atoms with Crippen LogP contribution in [-0.4, -0.2) is 19.6 Å². The maximum Gasteiger partial charge on any atom is 0.149 e. The molecule has 0 amide bonds. The summed E-state index contributed by atoms with van der Waals surface area (Å²) >= 11 is 0. The highest BCUT2D eigenvalue weighted by Crippen LogP contribution is 2.47. The van der Waals surface area contributed by atoms with E-state index in [1.54, 1.807) is 12.3 Å². The standard InChI is InChI=1S/C69H67N3O/c1-44(2)56-42-58(48-26-19-14-20-27-48)63(43-57(56)47-24-17-13-18-25-47)72-62-29-21-28-55(64(62)71-66(72)59-40-54(68(6,7)8)41-60(65(59)73)69(9,10)11)51-36-50(45-22-15-12-16-23-45)37-52(38-51)61-39-49(34-35-70-61)46-30-32-53(33-31-46)67(3,4)5/h12-44,73H,1-11H3/i30D,31D,32D,33D,44D. The van der Waals surface area contributed by atoms with Crippen molar-refractivity contribution in [2.24, 2.45) is 0 Å². The van der Waals surface area contributed by atoms with Crippen LogP contribution in [0.15, 0.2) is 194 Å². The van der Waals surface area contributed by atoms with Gasteiger partial charge in [-0.05, 0) is 138 Å². The number of pyridine rings is 1. The molecule has 0 aliphatic heterocycles. The average Bonchev–Trinajstić information content (AvgIpc) is 4.03. The van der Waals surface area contributed by atoms with Crippen molar-refractivity contribution >= 4 is 11.0 Å². The van der Waals surface area contributed by atoms with E-state index in [1.807, 2.05) is 95.3 Å². The monoisotopic (exact) mass is 959 g/mol. The summed E-state index contributed by atoms with van der Waals surface area (Å²) in [5.41, 5.74) is 14.3. The van der Waals surface area contributed by atoms with Gasteiger partial charge in [0.25, 0.3) is 0 Å². The molecule has 0 saturated carbocycles. The molecule has 0 fully saturated rings. The molecule has 4 heteroatoms. The summed E-state index contributed by atoms with van der Waals surface area (Å²) in [6, 6.07) is 55.3. The SMILES string of the molecule is [2H]c1c([2H])c(C(C)(C)C)c([2H])c([2H])c1-c1ccnc(-c2cc(-c3ccccc3)cc(-c3cccc4c3nc(-c3cc(C(C)(C)C)cc(C(C)(C)C)c3O)n4-c3cc(-c4ccccc4)c(C([2H])(C)C)cc3-c3ccccc3)c2)c1. The van der Waals surface area contributed by atoms with Gasteiger partial charge in [-0.2, -0.15) is 0 Å². The van der Waals surface area contributed by atoms with E-state index in [2.05, 4.69) is 143 Å². The van der Waals surface area contributed by atoms with E-state index in [0.717, 1.165) is 78.0 Å². The highest BCUT2D eigenvalue weighted by Gasteiger charge is 2.30. The van der Waals surface area contributed by atoms with Crippen LogP contribution in [0, 0.1) is 0 Å². The molecule has 4 nitrogen and oxygen atoms in total. The molecule has 8 aromatic carbocycles. The molecule has 0 unspecified atom stereocenters. The Balaban J connectivity index is 1.30. The molecule has 2 heterocycles. The maximum atomic E-state index is 12.8. The van der Waals surface area contributed by atoms with Crippen molar-refractivity contribution in [2.45, 2.75) is 98.3 Å². The second-order valence-corrected chi connectivity index (χ2v) is 22.6. The highest BCUT2D eigenvalue weighted by atomic mass is 16.3. The van der Waals surface area contributed by atoms with E-state index in [0.29, 0.717) is 33.7 Å². The van der Waals surface area contributed by atoms with E-state index in [1.165, 1.54) is 0 Å². The van der Waals surface area contributed by atoms with Gasteiger partial charge in [-0.25, -0.2) is 4.98 Å². The van der Waals surface area contributed by atoms with Gasteiger partial charge in [0.15, 0.2) is 0 Å². The zero-order valence-electron chi connectivity index (χ0n) is 49.0. The van der Waals surface area contributed by atoms with Crippen molar-refractivity contribution in [3.05, 3.63) is 216 Å². The van der Waals surface area contributed by atoms with Gasteiger partial charge < -0.3 is 5.11 Å². The average molecular weight is 959 g/mol. The lowest BCUT2D eigenvalue weighted by Crippen LogP contribution is -2.17. The molecule has 0 bridgehead atoms. The molecular weight excluding hydrogens is 887 g/mol. The first-order valence-electron chi connectivity index (χ1n) is 27.8. The van der Waals surface area contributed by atoms with E-state index >= 15 is 0 Å². The summed E-state index contributed by atoms with van der Waals surface area (Å²) in [6.45, 7) is 22.6. The summed E-state index contributed by atoms with van der Waals surface area (Å²) in [6.07, 6.45) is 1.67. The van der Waals surface area contributed by atoms with Gasteiger partial charge in [0, 0.05) is 29.8 Å². The lowest BCUT2D eigenvalue weighted by atomic mass is 9.79. The Morgan fingerprint density at radius 2 is 1.07 bits per heavy atom. The number of rotatable bonds is 9. The maximum absolute atomic E-state index is 12.8. The molecule has 1 N–H and O–H groups in total. The number of fused-ring (bicyclic) bond motifs is 1. The summed E-state index contributed by atoms with van der Waals surface area (Å²) in [7, 11) is 0. The molecule has 0 spiro atoms. The summed E-state index contributed by atoms with van der Waals surface area (Å²) in [4.78, 5) is 10.7. The predicted octanol–water partition coefficient (Wildman–Crippen LogP) is 18.8. The largest absolute Gasteiger partial charge is 0.507 e. The Labute approximate surface area is 440 Å². The van der Waals surface area contributed by atoms with Crippen LogP contribution < -0.4 is 0 Å². The van der Waals surface area contributed by atoms with E-state index in [4.69, 9.17) is 12.7 Å². The molecule has 0 aliphatic rings. The van der Waals surface area contributed by atoms with Crippen molar-refractivity contribution < 1.29 is 12.0 Å². The van der Waals surface area contributed by atoms with E-state index in [9.17, 15) is 9.22 Å². The molecule has 10 aromatic rings. The van der Waals surface area contributed by atoms with Crippen LogP contribution in [0.1, 0.15) is 111 Å². The van der Waals surface area contributed by atoms with Crippen molar-refractivity contribution in [3.8, 4) is 89.7 Å². The Morgan fingerprint density at radius 1 is 0.479 bits per heavy atom. The number of phenolic OH excluding ortho intramolecular Hbond substituents is 1. The van der Waals surface area contributed by atoms with Crippen LogP contribution in [0.4, 0.5) is 0 Å². The molecule has 0 atom stereocenters. The molecule has 0 saturated heterocycles. The molecule has 364 valence electrons. The molecule has 10 rings (SSSR count). The van der Waals surface area contributed by atoms with Crippen LogP contribution in [0.3, 0.4) is 0 Å². The van der Waals surface area contributed by atoms with Crippen LogP contribution in [0.25, 0.3) is 95.0 Å². The number of hydrogen-bond acceptors (Lipinski definition) is 3. The third kappa shape index (κ3) is 9.67. The van der Waals surface area contributed by atoms with Crippen LogP contribution in [-0.2, 0) is 16.2 Å². The fourth-order valence-corrected chi connectivity index (χ4v) is 9.76. The van der Waals surface area contributed by atoms with Gasteiger partial charge in [-0.1, -0.05) is 210 Å². The van der Waals surface area contributed by atoms with Crippen LogP contribution in [0.5, 0.6) is 5.75 Å². The molecular formula is C69H67N3O. The number of aromatic nitrogens is 3. The van der Waals surface area contributed by atoms with Gasteiger partial charge in [0.2, 0.25) is 0 Å². The smallest absolute Gasteiger partial charge is 0.149 e. The third-order valence-electron chi connectivity index (χ3n) is 13.9. The van der Waals surface area contributed by atoms with Crippen molar-refractivity contribution in [2.75, 3.05) is 0 Å². The first-order valence-corrected chi connectivity index (χ1v) is 25.3. The van der Waals surface area contributed by atoms with E-state index < -0.39 is 16.7 Å². The summed E-state index contributed by atoms with van der Waals surface area (Å²) < 4.78 is 48.2. The molecule has 0 radical (unpaired) electrons. The lowest BCUT2D eigenvalue weighted by Gasteiger charge is -2.28. The van der Waals surface area contributed by atoms with Crippen molar-refractivity contribution in [1.82, 2.24) is 14.5 Å². The van der Waals surface area contributed by atoms with Gasteiger partial charge in [0.1, 0.15) is 11.6 Å². The van der Waals surface area contributed by atoms with Gasteiger partial charge in [-0.3, -0.25) is 9.55 Å². The second kappa shape index (κ2) is 19.0. The third-order valence-corrected chi connectivity index (χ3v) is 13.9. The molecule has 73 heavy (non-hydrogen) atoms. The van der Waals surface area contributed by atoms with Crippen LogP contribution >= 0.6 is 0 Å². The quantitative estimate of drug-likeness (QED) is 0.157. The number of para-hydroxylation sites is 1. The number of benzene rings is 8. The van der Waals surface area contributed by atoms with Crippen LogP contribution in [0.2, 0.25) is 0 Å². The zero-order valence-corrected chi connectivity index (χ0v) is 44.0. The van der Waals surface area contributed by atoms with Gasteiger partial charge in [-0.15, -0.1) is 0 Å². The van der Waals surface area contributed by atoms with Crippen molar-refractivity contribution in [3.63, 3.8) is 0 Å². The molecule has 2 aromatic heterocycles. The fourth-order valence-electron chi connectivity index (χ4n) is 9.76. The predicted molar refractivity (Wildman–Crippen MR) is 309 cm³/mol. The van der Waals surface area contributed by atoms with Gasteiger partial charge >= 0.3 is 0 Å². The molecule has 0 aliphatic carbocycles. The second-order valence-electron chi connectivity index (χ2n) is 22.6. The zero-order chi connectivity index (χ0) is 55.8. The number of nitrogens with zero attached hydrogens (tertiary/aromatic N) is 3. The Kier molecular flexibility index (Phi) is 11.1. The Bertz CT molecular complexity index is 3900. The fraction of sp³-hybridized carbons (Fsp3) is 0.217. The van der Waals surface area contributed by atoms with E-state index in [-0.39, 0.29) is 40.9 Å². The number of hydrogen-bond donors (Lipinski definition) is 1.